The third kappa shape index (κ3) is 5.37. The number of nitrogens with zero attached hydrogens (tertiary/aromatic N) is 1. The van der Waals surface area contributed by atoms with Gasteiger partial charge in [0.1, 0.15) is 24.2 Å². The molecule has 0 spiro atoms. The number of ether oxygens (including phenoxy) is 2. The average Bonchev–Trinajstić information content (AvgIpc) is 2.86. The highest BCUT2D eigenvalue weighted by atomic mass is 35.5. The van der Waals surface area contributed by atoms with Crippen molar-refractivity contribution in [3.63, 3.8) is 0 Å². The van der Waals surface area contributed by atoms with Gasteiger partial charge in [0.15, 0.2) is 0 Å². The van der Waals surface area contributed by atoms with E-state index in [1.807, 2.05) is 45.2 Å². The number of likely N-dealkylation sites (N-methyl/N-ethyl adjacent to an activating group) is 1. The van der Waals surface area contributed by atoms with E-state index in [9.17, 15) is 14.7 Å². The van der Waals surface area contributed by atoms with Gasteiger partial charge in [-0.1, -0.05) is 29.8 Å². The molecule has 2 N–H and O–H groups in total. The summed E-state index contributed by atoms with van der Waals surface area (Å²) >= 11 is 6.31. The molecule has 0 bridgehead atoms. The van der Waals surface area contributed by atoms with Gasteiger partial charge in [-0.15, -0.1) is 0 Å². The molecule has 37 heavy (non-hydrogen) atoms. The highest BCUT2D eigenvalue weighted by Gasteiger charge is 2.30. The minimum absolute atomic E-state index is 0.132. The van der Waals surface area contributed by atoms with Crippen molar-refractivity contribution in [2.24, 2.45) is 0 Å². The van der Waals surface area contributed by atoms with Crippen molar-refractivity contribution in [1.29, 1.82) is 0 Å². The second-order valence-electron chi connectivity index (χ2n) is 9.84. The second kappa shape index (κ2) is 10.3. The summed E-state index contributed by atoms with van der Waals surface area (Å²) in [6, 6.07) is 16.3. The van der Waals surface area contributed by atoms with Crippen LogP contribution >= 0.6 is 11.6 Å². The first kappa shape index (κ1) is 26.4. The monoisotopic (exact) mass is 522 g/mol. The number of carboxylic acids is 1. The Morgan fingerprint density at radius 1 is 1.14 bits per heavy atom. The van der Waals surface area contributed by atoms with Crippen molar-refractivity contribution < 1.29 is 24.2 Å². The summed E-state index contributed by atoms with van der Waals surface area (Å²) in [4.78, 5) is 27.0. The zero-order valence-corrected chi connectivity index (χ0v) is 22.3. The number of benzene rings is 3. The molecule has 0 saturated carbocycles. The van der Waals surface area contributed by atoms with Gasteiger partial charge < -0.3 is 24.8 Å². The molecule has 0 aromatic heterocycles. The molecule has 1 atom stereocenters. The third-order valence-electron chi connectivity index (χ3n) is 6.93. The van der Waals surface area contributed by atoms with E-state index in [0.717, 1.165) is 22.6 Å². The predicted molar refractivity (Wildman–Crippen MR) is 146 cm³/mol. The fourth-order valence-corrected chi connectivity index (χ4v) is 4.45. The van der Waals surface area contributed by atoms with E-state index in [0.29, 0.717) is 40.7 Å². The lowest BCUT2D eigenvalue weighted by Crippen LogP contribution is -2.41. The first-order valence-electron chi connectivity index (χ1n) is 12.0. The molecule has 0 fully saturated rings. The Hall–Kier alpha value is -3.71. The number of hydrogen-bond donors (Lipinski definition) is 2. The molecule has 0 saturated heterocycles. The average molecular weight is 523 g/mol. The van der Waals surface area contributed by atoms with Gasteiger partial charge in [0, 0.05) is 12.6 Å². The Balaban J connectivity index is 1.47. The van der Waals surface area contributed by atoms with E-state index in [-0.39, 0.29) is 12.0 Å². The Morgan fingerprint density at radius 3 is 2.59 bits per heavy atom. The molecule has 7 nitrogen and oxygen atoms in total. The van der Waals surface area contributed by atoms with E-state index >= 15 is 0 Å². The first-order valence-corrected chi connectivity index (χ1v) is 12.4. The van der Waals surface area contributed by atoms with Crippen molar-refractivity contribution in [2.75, 3.05) is 30.4 Å². The Kier molecular flexibility index (Phi) is 7.37. The second-order valence-corrected chi connectivity index (χ2v) is 10.2. The molecule has 8 heteroatoms. The largest absolute Gasteiger partial charge is 0.489 e. The van der Waals surface area contributed by atoms with Crippen LogP contribution in [0, 0.1) is 13.8 Å². The van der Waals surface area contributed by atoms with Gasteiger partial charge in [-0.2, -0.15) is 0 Å². The van der Waals surface area contributed by atoms with Crippen molar-refractivity contribution in [3.8, 4) is 11.5 Å². The molecule has 0 unspecified atom stereocenters. The van der Waals surface area contributed by atoms with Gasteiger partial charge in [0.05, 0.1) is 28.4 Å². The minimum atomic E-state index is -1.13. The molecule has 1 aliphatic heterocycles. The van der Waals surface area contributed by atoms with Crippen LogP contribution in [0.4, 0.5) is 11.4 Å². The van der Waals surface area contributed by atoms with Crippen molar-refractivity contribution in [3.05, 3.63) is 81.9 Å². The number of rotatable bonds is 7. The summed E-state index contributed by atoms with van der Waals surface area (Å²) in [6.45, 7) is 8.05. The summed E-state index contributed by atoms with van der Waals surface area (Å²) in [5, 5.41) is 12.7. The Bertz CT molecular complexity index is 1350. The summed E-state index contributed by atoms with van der Waals surface area (Å²) in [7, 11) is 2.03. The van der Waals surface area contributed by atoms with Crippen LogP contribution in [0.3, 0.4) is 0 Å². The van der Waals surface area contributed by atoms with Crippen LogP contribution in [0.5, 0.6) is 11.5 Å². The number of para-hydroxylation sites is 2. The standard InChI is InChI=1S/C29H31ClN2O5/c1-17-18(2)25(36-16-20-15-32(5)24-8-6-7-9-26(24)37-20)13-11-21(17)27(33)31-23-14-19(10-12-22(23)30)29(3,4)28(34)35/h6-14,20H,15-16H2,1-5H3,(H,31,33)(H,34,35)/t20-/m0/s1. The van der Waals surface area contributed by atoms with Crippen LogP contribution in [-0.4, -0.2) is 43.3 Å². The van der Waals surface area contributed by atoms with E-state index in [2.05, 4.69) is 10.2 Å². The Labute approximate surface area is 222 Å². The molecule has 4 rings (SSSR count). The number of carbonyl (C=O) groups is 2. The number of carboxylic acid groups (broad SMARTS) is 1. The van der Waals surface area contributed by atoms with E-state index in [4.69, 9.17) is 21.1 Å². The molecule has 1 aliphatic rings. The number of fused-ring (bicyclic) bond motifs is 1. The van der Waals surface area contributed by atoms with Gasteiger partial charge in [0.25, 0.3) is 5.91 Å². The smallest absolute Gasteiger partial charge is 0.313 e. The van der Waals surface area contributed by atoms with Crippen LogP contribution in [0.25, 0.3) is 0 Å². The van der Waals surface area contributed by atoms with E-state index in [1.54, 1.807) is 44.2 Å². The predicted octanol–water partition coefficient (Wildman–Crippen LogP) is 5.85. The van der Waals surface area contributed by atoms with Gasteiger partial charge >= 0.3 is 5.97 Å². The van der Waals surface area contributed by atoms with Crippen molar-refractivity contribution >= 4 is 34.9 Å². The lowest BCUT2D eigenvalue weighted by Gasteiger charge is -2.33. The van der Waals surface area contributed by atoms with Crippen molar-refractivity contribution in [1.82, 2.24) is 0 Å². The number of halogens is 1. The molecule has 1 amide bonds. The fourth-order valence-electron chi connectivity index (χ4n) is 4.28. The van der Waals surface area contributed by atoms with Crippen LogP contribution in [0.15, 0.2) is 54.6 Å². The van der Waals surface area contributed by atoms with Gasteiger partial charge in [-0.25, -0.2) is 0 Å². The summed E-state index contributed by atoms with van der Waals surface area (Å²) in [6.07, 6.45) is -0.132. The summed E-state index contributed by atoms with van der Waals surface area (Å²) in [5.41, 5.74) is 2.92. The zero-order valence-electron chi connectivity index (χ0n) is 21.6. The number of hydrogen-bond acceptors (Lipinski definition) is 5. The Morgan fingerprint density at radius 2 is 1.86 bits per heavy atom. The number of carbonyl (C=O) groups excluding carboxylic acids is 1. The lowest BCUT2D eigenvalue weighted by molar-refractivity contribution is -0.142. The maximum Gasteiger partial charge on any atom is 0.313 e. The highest BCUT2D eigenvalue weighted by molar-refractivity contribution is 6.34. The number of anilines is 2. The van der Waals surface area contributed by atoms with Crippen LogP contribution < -0.4 is 19.7 Å². The molecule has 0 aliphatic carbocycles. The molecule has 3 aromatic carbocycles. The first-order chi connectivity index (χ1) is 17.5. The molecule has 1 heterocycles. The van der Waals surface area contributed by atoms with Crippen LogP contribution in [0.1, 0.15) is 40.9 Å². The normalized spacial score (nSPS) is 15.0. The van der Waals surface area contributed by atoms with Crippen molar-refractivity contribution in [2.45, 2.75) is 39.2 Å². The SMILES string of the molecule is Cc1c(OC[C@@H]2CN(C)c3ccccc3O2)ccc(C(=O)Nc2cc(C(C)(C)C(=O)O)ccc2Cl)c1C. The van der Waals surface area contributed by atoms with E-state index < -0.39 is 11.4 Å². The van der Waals surface area contributed by atoms with Gasteiger partial charge in [-0.3, -0.25) is 9.59 Å². The lowest BCUT2D eigenvalue weighted by atomic mass is 9.84. The summed E-state index contributed by atoms with van der Waals surface area (Å²) < 4.78 is 12.2. The van der Waals surface area contributed by atoms with E-state index in [1.165, 1.54) is 0 Å². The van der Waals surface area contributed by atoms with Crippen LogP contribution in [0.2, 0.25) is 5.02 Å². The minimum Gasteiger partial charge on any atom is -0.489 e. The quantitative estimate of drug-likeness (QED) is 0.405. The van der Waals surface area contributed by atoms with Crippen LogP contribution in [-0.2, 0) is 10.2 Å². The molecular weight excluding hydrogens is 492 g/mol. The van der Waals surface area contributed by atoms with Gasteiger partial charge in [-0.05, 0) is 80.8 Å². The molecular formula is C29H31ClN2O5. The maximum atomic E-state index is 13.2. The molecule has 3 aromatic rings. The number of aliphatic carboxylic acids is 1. The fraction of sp³-hybridized carbons (Fsp3) is 0.310. The maximum absolute atomic E-state index is 13.2. The third-order valence-corrected chi connectivity index (χ3v) is 7.25. The summed E-state index contributed by atoms with van der Waals surface area (Å²) in [5.74, 6) is 0.207. The molecule has 194 valence electrons. The topological polar surface area (TPSA) is 88.1 Å². The molecule has 0 radical (unpaired) electrons. The highest BCUT2D eigenvalue weighted by Crippen LogP contribution is 2.33. The number of nitrogens with one attached hydrogen (secondary N) is 1. The zero-order chi connectivity index (χ0) is 26.9. The van der Waals surface area contributed by atoms with Gasteiger partial charge in [0.2, 0.25) is 0 Å². The number of amides is 1.